The number of hydrogen-bond donors (Lipinski definition) is 1. The Labute approximate surface area is 144 Å². The van der Waals surface area contributed by atoms with Crippen molar-refractivity contribution in [3.05, 3.63) is 30.1 Å². The molecule has 1 aliphatic heterocycles. The van der Waals surface area contributed by atoms with Crippen molar-refractivity contribution in [3.8, 4) is 0 Å². The number of aromatic nitrogens is 1. The van der Waals surface area contributed by atoms with Gasteiger partial charge in [0.1, 0.15) is 0 Å². The maximum absolute atomic E-state index is 13.0. The first-order valence-corrected chi connectivity index (χ1v) is 9.14. The van der Waals surface area contributed by atoms with Crippen LogP contribution >= 0.6 is 0 Å². The van der Waals surface area contributed by atoms with Crippen molar-refractivity contribution in [1.29, 1.82) is 0 Å². The van der Waals surface area contributed by atoms with Crippen LogP contribution in [0.25, 0.3) is 0 Å². The van der Waals surface area contributed by atoms with Crippen molar-refractivity contribution in [2.45, 2.75) is 51.9 Å². The Morgan fingerprint density at radius 2 is 2.17 bits per heavy atom. The molecule has 2 heterocycles. The lowest BCUT2D eigenvalue weighted by Crippen LogP contribution is -2.47. The molecular formula is C19H29N3O2. The fraction of sp³-hybridized carbons (Fsp3) is 0.632. The molecule has 0 saturated carbocycles. The van der Waals surface area contributed by atoms with E-state index in [2.05, 4.69) is 17.2 Å². The van der Waals surface area contributed by atoms with Crippen LogP contribution in [0.5, 0.6) is 0 Å². The molecule has 1 saturated heterocycles. The van der Waals surface area contributed by atoms with Crippen molar-refractivity contribution in [2.24, 2.45) is 5.92 Å². The van der Waals surface area contributed by atoms with E-state index < -0.39 is 0 Å². The van der Waals surface area contributed by atoms with Gasteiger partial charge in [-0.05, 0) is 37.8 Å². The molecule has 0 spiro atoms. The smallest absolute Gasteiger partial charge is 0.231 e. The normalized spacial score (nSPS) is 18.9. The molecule has 0 aromatic carbocycles. The third kappa shape index (κ3) is 4.79. The molecule has 5 nitrogen and oxygen atoms in total. The fourth-order valence-electron chi connectivity index (χ4n) is 3.27. The van der Waals surface area contributed by atoms with Crippen LogP contribution in [0, 0.1) is 5.92 Å². The molecule has 1 N–H and O–H groups in total. The summed E-state index contributed by atoms with van der Waals surface area (Å²) in [7, 11) is 0. The molecule has 0 aliphatic carbocycles. The largest absolute Gasteiger partial charge is 0.356 e. The van der Waals surface area contributed by atoms with E-state index in [4.69, 9.17) is 0 Å². The molecule has 0 radical (unpaired) electrons. The van der Waals surface area contributed by atoms with Gasteiger partial charge in [0.05, 0.1) is 17.5 Å². The highest BCUT2D eigenvalue weighted by Gasteiger charge is 2.32. The second-order valence-electron chi connectivity index (χ2n) is 6.51. The summed E-state index contributed by atoms with van der Waals surface area (Å²) < 4.78 is 0. The zero-order chi connectivity index (χ0) is 17.4. The van der Waals surface area contributed by atoms with E-state index in [1.54, 1.807) is 6.20 Å². The minimum Gasteiger partial charge on any atom is -0.356 e. The summed E-state index contributed by atoms with van der Waals surface area (Å²) in [5, 5.41) is 2.96. The summed E-state index contributed by atoms with van der Waals surface area (Å²) in [6, 6.07) is 5.72. The molecule has 5 heteroatoms. The predicted molar refractivity (Wildman–Crippen MR) is 94.5 cm³/mol. The van der Waals surface area contributed by atoms with E-state index in [-0.39, 0.29) is 23.7 Å². The first-order chi connectivity index (χ1) is 11.7. The molecule has 2 amide bonds. The molecule has 132 valence electrons. The lowest BCUT2D eigenvalue weighted by molar-refractivity contribution is -0.137. The summed E-state index contributed by atoms with van der Waals surface area (Å²) >= 11 is 0. The number of carbonyl (C=O) groups is 2. The standard InChI is InChI=1S/C19H29N3O2/c1-3-8-16(17-10-5-6-12-20-17)19(24)22-13-7-9-15(14-22)18(23)21-11-4-2/h5-6,10,12,15-16H,3-4,7-9,11,13-14H2,1-2H3,(H,21,23)/t15-,16-/m0/s1. The van der Waals surface area contributed by atoms with Crippen LogP contribution < -0.4 is 5.32 Å². The second kappa shape index (κ2) is 9.40. The number of amides is 2. The Morgan fingerprint density at radius 1 is 1.33 bits per heavy atom. The quantitative estimate of drug-likeness (QED) is 0.835. The van der Waals surface area contributed by atoms with Gasteiger partial charge in [0, 0.05) is 25.8 Å². The Morgan fingerprint density at radius 3 is 2.83 bits per heavy atom. The number of hydrogen-bond acceptors (Lipinski definition) is 3. The zero-order valence-corrected chi connectivity index (χ0v) is 14.8. The topological polar surface area (TPSA) is 62.3 Å². The van der Waals surface area contributed by atoms with Crippen molar-refractivity contribution >= 4 is 11.8 Å². The van der Waals surface area contributed by atoms with Crippen molar-refractivity contribution in [1.82, 2.24) is 15.2 Å². The lowest BCUT2D eigenvalue weighted by Gasteiger charge is -2.34. The van der Waals surface area contributed by atoms with Gasteiger partial charge in [-0.1, -0.05) is 26.3 Å². The molecule has 24 heavy (non-hydrogen) atoms. The monoisotopic (exact) mass is 331 g/mol. The Hall–Kier alpha value is -1.91. The van der Waals surface area contributed by atoms with Gasteiger partial charge in [0.2, 0.25) is 11.8 Å². The van der Waals surface area contributed by atoms with Gasteiger partial charge in [-0.25, -0.2) is 0 Å². The fourth-order valence-corrected chi connectivity index (χ4v) is 3.27. The van der Waals surface area contributed by atoms with Crippen LogP contribution in [0.1, 0.15) is 57.6 Å². The van der Waals surface area contributed by atoms with Gasteiger partial charge < -0.3 is 10.2 Å². The average Bonchev–Trinajstić information content (AvgIpc) is 2.64. The van der Waals surface area contributed by atoms with E-state index in [1.807, 2.05) is 30.0 Å². The van der Waals surface area contributed by atoms with Crippen molar-refractivity contribution < 1.29 is 9.59 Å². The Bertz CT molecular complexity index is 533. The zero-order valence-electron chi connectivity index (χ0n) is 14.8. The van der Waals surface area contributed by atoms with Crippen LogP contribution in [0.2, 0.25) is 0 Å². The predicted octanol–water partition coefficient (Wildman–Crippen LogP) is 2.73. The van der Waals surface area contributed by atoms with Gasteiger partial charge in [0.25, 0.3) is 0 Å². The number of carbonyl (C=O) groups excluding carboxylic acids is 2. The van der Waals surface area contributed by atoms with Crippen LogP contribution in [0.15, 0.2) is 24.4 Å². The Balaban J connectivity index is 2.05. The van der Waals surface area contributed by atoms with Crippen LogP contribution in [0.3, 0.4) is 0 Å². The van der Waals surface area contributed by atoms with Crippen molar-refractivity contribution in [2.75, 3.05) is 19.6 Å². The summed E-state index contributed by atoms with van der Waals surface area (Å²) in [5.41, 5.74) is 0.835. The minimum atomic E-state index is -0.200. The van der Waals surface area contributed by atoms with Gasteiger partial charge in [-0.3, -0.25) is 14.6 Å². The second-order valence-corrected chi connectivity index (χ2v) is 6.51. The highest BCUT2D eigenvalue weighted by molar-refractivity contribution is 5.85. The van der Waals surface area contributed by atoms with E-state index in [1.165, 1.54) is 0 Å². The number of likely N-dealkylation sites (tertiary alicyclic amines) is 1. The molecule has 2 rings (SSSR count). The van der Waals surface area contributed by atoms with E-state index >= 15 is 0 Å². The third-order valence-electron chi connectivity index (χ3n) is 4.57. The first-order valence-electron chi connectivity index (χ1n) is 9.14. The highest BCUT2D eigenvalue weighted by Crippen LogP contribution is 2.25. The molecule has 0 unspecified atom stereocenters. The van der Waals surface area contributed by atoms with Gasteiger partial charge in [-0.2, -0.15) is 0 Å². The third-order valence-corrected chi connectivity index (χ3v) is 4.57. The summed E-state index contributed by atoms with van der Waals surface area (Å²) in [4.78, 5) is 31.5. The molecule has 1 fully saturated rings. The number of rotatable bonds is 7. The first kappa shape index (κ1) is 18.4. The molecule has 0 bridgehead atoms. The number of piperidine rings is 1. The van der Waals surface area contributed by atoms with Gasteiger partial charge in [-0.15, -0.1) is 0 Å². The number of pyridine rings is 1. The average molecular weight is 331 g/mol. The summed E-state index contributed by atoms with van der Waals surface area (Å²) in [6.45, 7) is 6.10. The highest BCUT2D eigenvalue weighted by atomic mass is 16.2. The molecule has 2 atom stereocenters. The van der Waals surface area contributed by atoms with Gasteiger partial charge in [0.15, 0.2) is 0 Å². The Kier molecular flexibility index (Phi) is 7.22. The number of nitrogens with zero attached hydrogens (tertiary/aromatic N) is 2. The van der Waals surface area contributed by atoms with Gasteiger partial charge >= 0.3 is 0 Å². The number of nitrogens with one attached hydrogen (secondary N) is 1. The van der Waals surface area contributed by atoms with Crippen LogP contribution in [0.4, 0.5) is 0 Å². The summed E-state index contributed by atoms with van der Waals surface area (Å²) in [5.74, 6) is -0.0864. The SMILES string of the molecule is CCCNC(=O)[C@H]1CCCN(C(=O)[C@@H](CCC)c2ccccn2)C1. The molecular weight excluding hydrogens is 302 g/mol. The minimum absolute atomic E-state index is 0.0826. The molecule has 1 aromatic heterocycles. The van der Waals surface area contributed by atoms with Crippen LogP contribution in [-0.4, -0.2) is 41.3 Å². The van der Waals surface area contributed by atoms with Crippen molar-refractivity contribution in [3.63, 3.8) is 0 Å². The maximum atomic E-state index is 13.0. The lowest BCUT2D eigenvalue weighted by atomic mass is 9.93. The van der Waals surface area contributed by atoms with E-state index in [9.17, 15) is 9.59 Å². The van der Waals surface area contributed by atoms with Crippen LogP contribution in [-0.2, 0) is 9.59 Å². The maximum Gasteiger partial charge on any atom is 0.231 e. The van der Waals surface area contributed by atoms with E-state index in [0.717, 1.165) is 44.3 Å². The summed E-state index contributed by atoms with van der Waals surface area (Å²) in [6.07, 6.45) is 6.14. The molecule has 1 aliphatic rings. The molecule has 1 aromatic rings. The van der Waals surface area contributed by atoms with E-state index in [0.29, 0.717) is 13.1 Å².